The van der Waals surface area contributed by atoms with Gasteiger partial charge in [0.25, 0.3) is 0 Å². The predicted octanol–water partition coefficient (Wildman–Crippen LogP) is 0.551. The number of carboxylic acids is 1. The van der Waals surface area contributed by atoms with Crippen molar-refractivity contribution in [2.45, 2.75) is 48.7 Å². The second kappa shape index (κ2) is 11.2. The molecule has 0 radical (unpaired) electrons. The molecule has 1 fully saturated rings. The lowest BCUT2D eigenvalue weighted by atomic mass is 10.0. The molecule has 1 aromatic carbocycles. The Morgan fingerprint density at radius 3 is 2.64 bits per heavy atom. The molecule has 6 N–H and O–H groups in total. The van der Waals surface area contributed by atoms with Crippen molar-refractivity contribution in [3.63, 3.8) is 0 Å². The summed E-state index contributed by atoms with van der Waals surface area (Å²) in [6, 6.07) is 6.63. The topological polar surface area (TPSA) is 175 Å². The fourth-order valence-electron chi connectivity index (χ4n) is 3.37. The Morgan fingerprint density at radius 2 is 2.00 bits per heavy atom. The highest BCUT2D eigenvalue weighted by Gasteiger charge is 2.45. The maximum atomic E-state index is 12.9. The molecule has 2 heterocycles. The van der Waals surface area contributed by atoms with E-state index in [2.05, 4.69) is 30.8 Å². The molecule has 2 aromatic rings. The maximum absolute atomic E-state index is 12.9. The Bertz CT molecular complexity index is 1010. The van der Waals surface area contributed by atoms with Crippen LogP contribution < -0.4 is 20.8 Å². The number of nitrogens with one attached hydrogen (secondary N) is 5. The number of amides is 1. The Hall–Kier alpha value is -3.00. The monoisotopic (exact) mass is 480 g/mol. The van der Waals surface area contributed by atoms with Crippen molar-refractivity contribution in [1.29, 1.82) is 0 Å². The van der Waals surface area contributed by atoms with Gasteiger partial charge in [-0.25, -0.2) is 18.2 Å². The molecule has 3 rings (SSSR count). The predicted molar refractivity (Wildman–Crippen MR) is 118 cm³/mol. The van der Waals surface area contributed by atoms with Crippen molar-refractivity contribution in [3.05, 3.63) is 42.7 Å². The number of aromatic amines is 1. The van der Waals surface area contributed by atoms with Gasteiger partial charge in [0.05, 0.1) is 11.5 Å². The largest absolute Gasteiger partial charge is 0.478 e. The minimum absolute atomic E-state index is 0.102. The summed E-state index contributed by atoms with van der Waals surface area (Å²) in [6.07, 6.45) is 5.13. The number of nitrogens with zero attached hydrogens (tertiary/aromatic N) is 1. The zero-order valence-electron chi connectivity index (χ0n) is 17.9. The molecule has 33 heavy (non-hydrogen) atoms. The minimum atomic E-state index is -4.23. The van der Waals surface area contributed by atoms with Crippen molar-refractivity contribution in [2.24, 2.45) is 0 Å². The molecule has 13 heteroatoms. The van der Waals surface area contributed by atoms with Crippen LogP contribution in [0.3, 0.4) is 0 Å². The van der Waals surface area contributed by atoms with Crippen LogP contribution in [0, 0.1) is 0 Å². The summed E-state index contributed by atoms with van der Waals surface area (Å²) in [4.78, 5) is 36.9. The van der Waals surface area contributed by atoms with Crippen LogP contribution in [-0.4, -0.2) is 60.2 Å². The SMILES string of the molecule is O=C(NC(CCCCCNc1ncc[nH]1)(NS(=O)(=O)c1ccccc1)C(=O)O)C1CCON1. The van der Waals surface area contributed by atoms with Crippen LogP contribution in [-0.2, 0) is 24.4 Å². The van der Waals surface area contributed by atoms with Crippen molar-refractivity contribution in [2.75, 3.05) is 18.5 Å². The smallest absolute Gasteiger partial charge is 0.345 e. The molecule has 0 bridgehead atoms. The van der Waals surface area contributed by atoms with Gasteiger partial charge in [0.2, 0.25) is 21.6 Å². The van der Waals surface area contributed by atoms with E-state index in [1.165, 1.54) is 24.3 Å². The van der Waals surface area contributed by atoms with Gasteiger partial charge >= 0.3 is 5.97 Å². The van der Waals surface area contributed by atoms with Crippen molar-refractivity contribution in [3.8, 4) is 0 Å². The number of H-pyrrole nitrogens is 1. The van der Waals surface area contributed by atoms with E-state index >= 15 is 0 Å². The van der Waals surface area contributed by atoms with E-state index in [0.29, 0.717) is 38.2 Å². The molecule has 180 valence electrons. The number of hydroxylamine groups is 1. The number of sulfonamides is 1. The highest BCUT2D eigenvalue weighted by atomic mass is 32.2. The number of carbonyl (C=O) groups is 2. The van der Waals surface area contributed by atoms with E-state index in [4.69, 9.17) is 4.84 Å². The van der Waals surface area contributed by atoms with Gasteiger partial charge in [-0.05, 0) is 37.8 Å². The molecular weight excluding hydrogens is 452 g/mol. The quantitative estimate of drug-likeness (QED) is 0.177. The third-order valence-electron chi connectivity index (χ3n) is 5.13. The molecule has 1 saturated heterocycles. The van der Waals surface area contributed by atoms with Crippen LogP contribution in [0.5, 0.6) is 0 Å². The zero-order chi connectivity index (χ0) is 23.7. The highest BCUT2D eigenvalue weighted by Crippen LogP contribution is 2.19. The summed E-state index contributed by atoms with van der Waals surface area (Å²) in [6.45, 7) is 0.885. The summed E-state index contributed by atoms with van der Waals surface area (Å²) >= 11 is 0. The molecule has 2 atom stereocenters. The molecule has 2 unspecified atom stereocenters. The number of carboxylic acid groups (broad SMARTS) is 1. The first-order valence-corrected chi connectivity index (χ1v) is 12.1. The Kier molecular flexibility index (Phi) is 8.38. The van der Waals surface area contributed by atoms with Crippen molar-refractivity contribution >= 4 is 27.8 Å². The third-order valence-corrected chi connectivity index (χ3v) is 6.64. The second-order valence-corrected chi connectivity index (χ2v) is 9.28. The van der Waals surface area contributed by atoms with E-state index in [-0.39, 0.29) is 17.9 Å². The van der Waals surface area contributed by atoms with Crippen LogP contribution in [0.2, 0.25) is 0 Å². The van der Waals surface area contributed by atoms with Gasteiger partial charge in [-0.2, -0.15) is 10.2 Å². The Morgan fingerprint density at radius 1 is 1.21 bits per heavy atom. The number of aromatic nitrogens is 2. The average molecular weight is 481 g/mol. The summed E-state index contributed by atoms with van der Waals surface area (Å²) in [5.74, 6) is -1.53. The van der Waals surface area contributed by atoms with E-state index in [0.717, 1.165) is 0 Å². The standard InChI is InChI=1S/C20H28N6O6S/c27-17(16-9-14-32-25-16)24-20(18(28)29,26-33(30,31)15-7-3-1-4-8-15)10-5-2-6-11-21-19-22-12-13-23-19/h1,3-4,7-8,12-13,16,25-26H,2,5-6,9-11,14H2,(H,24,27)(H,28,29)(H2,21,22,23). The van der Waals surface area contributed by atoms with Gasteiger partial charge < -0.3 is 25.6 Å². The molecular formula is C20H28N6O6S. The minimum Gasteiger partial charge on any atom is -0.478 e. The van der Waals surface area contributed by atoms with Gasteiger partial charge in [-0.3, -0.25) is 4.79 Å². The maximum Gasteiger partial charge on any atom is 0.345 e. The molecule has 1 aliphatic heterocycles. The number of imidazole rings is 1. The lowest BCUT2D eigenvalue weighted by Crippen LogP contribution is -2.67. The number of hydrogen-bond acceptors (Lipinski definition) is 8. The van der Waals surface area contributed by atoms with Crippen LogP contribution in [0.15, 0.2) is 47.6 Å². The molecule has 0 saturated carbocycles. The Balaban J connectivity index is 1.70. The Labute approximate surface area is 191 Å². The number of unbranched alkanes of at least 4 members (excludes halogenated alkanes) is 2. The number of carbonyl (C=O) groups excluding carboxylic acids is 1. The summed E-state index contributed by atoms with van der Waals surface area (Å²) in [5, 5.41) is 15.5. The molecule has 1 aromatic heterocycles. The van der Waals surface area contributed by atoms with Gasteiger partial charge in [-0.15, -0.1) is 0 Å². The first-order valence-electron chi connectivity index (χ1n) is 10.6. The van der Waals surface area contributed by atoms with Crippen LogP contribution in [0.25, 0.3) is 0 Å². The fourth-order valence-corrected chi connectivity index (χ4v) is 4.70. The number of benzene rings is 1. The summed E-state index contributed by atoms with van der Waals surface area (Å²) < 4.78 is 28.1. The zero-order valence-corrected chi connectivity index (χ0v) is 18.7. The van der Waals surface area contributed by atoms with Crippen LogP contribution >= 0.6 is 0 Å². The van der Waals surface area contributed by atoms with E-state index in [1.54, 1.807) is 18.5 Å². The normalized spacial score (nSPS) is 17.9. The van der Waals surface area contributed by atoms with Gasteiger partial charge in [0.15, 0.2) is 5.95 Å². The molecule has 0 aliphatic carbocycles. The number of anilines is 1. The first kappa shape index (κ1) is 24.6. The van der Waals surface area contributed by atoms with Gasteiger partial charge in [0, 0.05) is 18.9 Å². The molecule has 12 nitrogen and oxygen atoms in total. The molecule has 1 amide bonds. The lowest BCUT2D eigenvalue weighted by molar-refractivity contribution is -0.149. The summed E-state index contributed by atoms with van der Waals surface area (Å²) in [7, 11) is -4.23. The summed E-state index contributed by atoms with van der Waals surface area (Å²) in [5.41, 5.74) is 0.293. The van der Waals surface area contributed by atoms with E-state index < -0.39 is 33.6 Å². The number of hydrogen-bond donors (Lipinski definition) is 6. The lowest BCUT2D eigenvalue weighted by Gasteiger charge is -2.32. The van der Waals surface area contributed by atoms with Crippen molar-refractivity contribution < 1.29 is 28.0 Å². The van der Waals surface area contributed by atoms with E-state index in [9.17, 15) is 23.1 Å². The van der Waals surface area contributed by atoms with Crippen LogP contribution in [0.1, 0.15) is 32.1 Å². The molecule has 1 aliphatic rings. The average Bonchev–Trinajstić information content (AvgIpc) is 3.50. The fraction of sp³-hybridized carbons (Fsp3) is 0.450. The van der Waals surface area contributed by atoms with Crippen molar-refractivity contribution in [1.82, 2.24) is 25.5 Å². The number of rotatable bonds is 13. The van der Waals surface area contributed by atoms with E-state index in [1.807, 2.05) is 0 Å². The first-order chi connectivity index (χ1) is 15.8. The molecule has 0 spiro atoms. The van der Waals surface area contributed by atoms with Gasteiger partial charge in [0.1, 0.15) is 6.04 Å². The number of aliphatic carboxylic acids is 1. The van der Waals surface area contributed by atoms with Crippen LogP contribution in [0.4, 0.5) is 5.95 Å². The third kappa shape index (κ3) is 6.74. The van der Waals surface area contributed by atoms with Gasteiger partial charge in [-0.1, -0.05) is 24.6 Å². The second-order valence-electron chi connectivity index (χ2n) is 7.60. The highest BCUT2D eigenvalue weighted by molar-refractivity contribution is 7.89.